The van der Waals surface area contributed by atoms with E-state index in [1.54, 1.807) is 0 Å². The summed E-state index contributed by atoms with van der Waals surface area (Å²) in [6, 6.07) is 6.58. The van der Waals surface area contributed by atoms with E-state index in [0.717, 1.165) is 29.5 Å². The van der Waals surface area contributed by atoms with E-state index in [0.29, 0.717) is 19.0 Å². The third kappa shape index (κ3) is 2.96. The molecule has 1 aromatic carbocycles. The van der Waals surface area contributed by atoms with E-state index in [4.69, 9.17) is 5.26 Å². The number of benzene rings is 1. The lowest BCUT2D eigenvalue weighted by Crippen LogP contribution is -2.34. The zero-order valence-corrected chi connectivity index (χ0v) is 11.9. The van der Waals surface area contributed by atoms with Gasteiger partial charge in [0.25, 0.3) is 5.91 Å². The molecule has 1 aromatic rings. The molecule has 0 bridgehead atoms. The van der Waals surface area contributed by atoms with Crippen LogP contribution in [0.1, 0.15) is 46.3 Å². The minimum atomic E-state index is 0.0905. The number of hydrogen-bond donors (Lipinski definition) is 0. The molecular formula is C16H20N2O. The van der Waals surface area contributed by atoms with Crippen molar-refractivity contribution in [2.24, 2.45) is 0 Å². The largest absolute Gasteiger partial charge is 0.335 e. The second kappa shape index (κ2) is 5.44. The number of carbonyl (C=O) groups is 1. The molecule has 0 aromatic heterocycles. The molecular weight excluding hydrogens is 236 g/mol. The van der Waals surface area contributed by atoms with Crippen LogP contribution in [0.2, 0.25) is 0 Å². The fourth-order valence-electron chi connectivity index (χ4n) is 2.67. The van der Waals surface area contributed by atoms with Crippen molar-refractivity contribution in [2.75, 3.05) is 6.54 Å². The Kier molecular flexibility index (Phi) is 3.90. The lowest BCUT2D eigenvalue weighted by atomic mass is 9.98. The number of hydrogen-bond acceptors (Lipinski definition) is 2. The highest BCUT2D eigenvalue weighted by atomic mass is 16.2. The minimum Gasteiger partial charge on any atom is -0.335 e. The number of nitriles is 1. The van der Waals surface area contributed by atoms with Gasteiger partial charge in [-0.2, -0.15) is 5.26 Å². The summed E-state index contributed by atoms with van der Waals surface area (Å²) in [7, 11) is 0. The Hall–Kier alpha value is -1.82. The Labute approximate surface area is 114 Å². The molecule has 0 heterocycles. The first-order valence-electron chi connectivity index (χ1n) is 6.80. The molecule has 100 valence electrons. The first-order chi connectivity index (χ1) is 9.04. The Bertz CT molecular complexity index is 515. The van der Waals surface area contributed by atoms with Crippen molar-refractivity contribution >= 4 is 5.91 Å². The molecule has 1 aliphatic rings. The highest BCUT2D eigenvalue weighted by Gasteiger charge is 2.33. The van der Waals surface area contributed by atoms with Gasteiger partial charge in [-0.3, -0.25) is 4.79 Å². The smallest absolute Gasteiger partial charge is 0.254 e. The monoisotopic (exact) mass is 256 g/mol. The molecule has 1 saturated carbocycles. The molecule has 0 atom stereocenters. The first kappa shape index (κ1) is 13.6. The molecule has 1 amide bonds. The Balaban J connectivity index is 2.29. The molecule has 2 rings (SSSR count). The SMILES string of the molecule is Cc1cc(C)c(C(=O)N(CCC#N)C2CC2)c(C)c1. The molecule has 19 heavy (non-hydrogen) atoms. The molecule has 3 nitrogen and oxygen atoms in total. The second-order valence-electron chi connectivity index (χ2n) is 5.41. The summed E-state index contributed by atoms with van der Waals surface area (Å²) >= 11 is 0. The van der Waals surface area contributed by atoms with Gasteiger partial charge in [0.05, 0.1) is 12.5 Å². The summed E-state index contributed by atoms with van der Waals surface area (Å²) in [5.74, 6) is 0.0905. The fraction of sp³-hybridized carbons (Fsp3) is 0.500. The van der Waals surface area contributed by atoms with Gasteiger partial charge in [-0.1, -0.05) is 17.7 Å². The first-order valence-corrected chi connectivity index (χ1v) is 6.80. The van der Waals surface area contributed by atoms with Crippen molar-refractivity contribution in [3.05, 3.63) is 34.4 Å². The van der Waals surface area contributed by atoms with E-state index in [9.17, 15) is 4.79 Å². The summed E-state index contributed by atoms with van der Waals surface area (Å²) in [5.41, 5.74) is 4.06. The van der Waals surface area contributed by atoms with Crippen LogP contribution in [0, 0.1) is 32.1 Å². The van der Waals surface area contributed by atoms with Gasteiger partial charge in [0.1, 0.15) is 0 Å². The maximum Gasteiger partial charge on any atom is 0.254 e. The van der Waals surface area contributed by atoms with Crippen LogP contribution >= 0.6 is 0 Å². The predicted molar refractivity (Wildman–Crippen MR) is 74.9 cm³/mol. The van der Waals surface area contributed by atoms with Crippen molar-refractivity contribution in [3.8, 4) is 6.07 Å². The van der Waals surface area contributed by atoms with Crippen LogP contribution in [0.3, 0.4) is 0 Å². The fourth-order valence-corrected chi connectivity index (χ4v) is 2.67. The van der Waals surface area contributed by atoms with Crippen molar-refractivity contribution in [1.82, 2.24) is 4.90 Å². The van der Waals surface area contributed by atoms with Gasteiger partial charge in [-0.25, -0.2) is 0 Å². The van der Waals surface area contributed by atoms with E-state index in [2.05, 4.69) is 18.2 Å². The van der Waals surface area contributed by atoms with Gasteiger partial charge >= 0.3 is 0 Å². The predicted octanol–water partition coefficient (Wildman–Crippen LogP) is 3.13. The molecule has 1 aliphatic carbocycles. The van der Waals surface area contributed by atoms with Crippen LogP contribution < -0.4 is 0 Å². The normalized spacial score (nSPS) is 14.0. The molecule has 0 unspecified atom stereocenters. The summed E-state index contributed by atoms with van der Waals surface area (Å²) in [6.45, 7) is 6.57. The molecule has 3 heteroatoms. The summed E-state index contributed by atoms with van der Waals surface area (Å²) in [5, 5.41) is 8.73. The van der Waals surface area contributed by atoms with Crippen LogP contribution in [0.25, 0.3) is 0 Å². The number of aryl methyl sites for hydroxylation is 3. The Morgan fingerprint density at radius 2 is 1.89 bits per heavy atom. The average Bonchev–Trinajstić information content (AvgIpc) is 3.12. The Morgan fingerprint density at radius 1 is 1.32 bits per heavy atom. The molecule has 0 aliphatic heterocycles. The third-order valence-electron chi connectivity index (χ3n) is 3.60. The Morgan fingerprint density at radius 3 is 2.37 bits per heavy atom. The van der Waals surface area contributed by atoms with Crippen molar-refractivity contribution in [2.45, 2.75) is 46.1 Å². The highest BCUT2D eigenvalue weighted by molar-refractivity contribution is 5.97. The van der Waals surface area contributed by atoms with Gasteiger partial charge in [0.15, 0.2) is 0 Å². The van der Waals surface area contributed by atoms with E-state index in [1.165, 1.54) is 5.56 Å². The van der Waals surface area contributed by atoms with E-state index in [-0.39, 0.29) is 5.91 Å². The standard InChI is InChI=1S/C16H20N2O/c1-11-9-12(2)15(13(3)10-11)16(19)18(8-4-7-17)14-5-6-14/h9-10,14H,4-6,8H2,1-3H3. The minimum absolute atomic E-state index is 0.0905. The van der Waals surface area contributed by atoms with Crippen LogP contribution in [0.5, 0.6) is 0 Å². The van der Waals surface area contributed by atoms with Gasteiger partial charge in [-0.15, -0.1) is 0 Å². The van der Waals surface area contributed by atoms with Gasteiger partial charge in [0, 0.05) is 18.2 Å². The van der Waals surface area contributed by atoms with E-state index >= 15 is 0 Å². The zero-order chi connectivity index (χ0) is 14.0. The lowest BCUT2D eigenvalue weighted by molar-refractivity contribution is 0.0745. The van der Waals surface area contributed by atoms with Crippen LogP contribution in [0.4, 0.5) is 0 Å². The van der Waals surface area contributed by atoms with Crippen LogP contribution in [-0.4, -0.2) is 23.4 Å². The zero-order valence-electron chi connectivity index (χ0n) is 11.9. The van der Waals surface area contributed by atoms with Crippen LogP contribution in [-0.2, 0) is 0 Å². The summed E-state index contributed by atoms with van der Waals surface area (Å²) in [4.78, 5) is 14.6. The van der Waals surface area contributed by atoms with E-state index < -0.39 is 0 Å². The molecule has 1 fully saturated rings. The maximum absolute atomic E-state index is 12.7. The number of amides is 1. The van der Waals surface area contributed by atoms with Gasteiger partial charge in [-0.05, 0) is 44.7 Å². The quantitative estimate of drug-likeness (QED) is 0.830. The number of carbonyl (C=O) groups excluding carboxylic acids is 1. The second-order valence-corrected chi connectivity index (χ2v) is 5.41. The van der Waals surface area contributed by atoms with Gasteiger partial charge < -0.3 is 4.90 Å². The number of rotatable bonds is 4. The molecule has 0 N–H and O–H groups in total. The lowest BCUT2D eigenvalue weighted by Gasteiger charge is -2.23. The van der Waals surface area contributed by atoms with Crippen LogP contribution in [0.15, 0.2) is 12.1 Å². The van der Waals surface area contributed by atoms with Crippen molar-refractivity contribution in [1.29, 1.82) is 5.26 Å². The molecule has 0 saturated heterocycles. The van der Waals surface area contributed by atoms with Gasteiger partial charge in [0.2, 0.25) is 0 Å². The maximum atomic E-state index is 12.7. The highest BCUT2D eigenvalue weighted by Crippen LogP contribution is 2.30. The molecule has 0 radical (unpaired) electrons. The molecule has 0 spiro atoms. The number of nitrogens with zero attached hydrogens (tertiary/aromatic N) is 2. The summed E-state index contributed by atoms with van der Waals surface area (Å²) < 4.78 is 0. The van der Waals surface area contributed by atoms with E-state index in [1.807, 2.05) is 25.7 Å². The van der Waals surface area contributed by atoms with Crippen molar-refractivity contribution < 1.29 is 4.79 Å². The summed E-state index contributed by atoms with van der Waals surface area (Å²) in [6.07, 6.45) is 2.55. The third-order valence-corrected chi connectivity index (χ3v) is 3.60. The topological polar surface area (TPSA) is 44.1 Å². The van der Waals surface area contributed by atoms with Crippen molar-refractivity contribution in [3.63, 3.8) is 0 Å². The average molecular weight is 256 g/mol.